The highest BCUT2D eigenvalue weighted by molar-refractivity contribution is 5.80. The van der Waals surface area contributed by atoms with Crippen LogP contribution in [0.25, 0.3) is 0 Å². The van der Waals surface area contributed by atoms with Gasteiger partial charge in [-0.1, -0.05) is 12.1 Å². The van der Waals surface area contributed by atoms with Crippen LogP contribution in [-0.4, -0.2) is 59.3 Å². The summed E-state index contributed by atoms with van der Waals surface area (Å²) in [5.41, 5.74) is -2.51. The average Bonchev–Trinajstić information content (AvgIpc) is 3.26. The molecule has 0 saturated carbocycles. The first-order chi connectivity index (χ1) is 19.2. The van der Waals surface area contributed by atoms with Crippen molar-refractivity contribution in [3.63, 3.8) is 0 Å². The highest BCUT2D eigenvalue weighted by Crippen LogP contribution is 2.44. The number of ether oxygens (including phenoxy) is 1. The van der Waals surface area contributed by atoms with Gasteiger partial charge in [-0.25, -0.2) is 4.39 Å². The minimum atomic E-state index is -5.00. The topological polar surface area (TPSA) is 49.9 Å². The number of amides is 1. The SMILES string of the molecule is C[C@@H](O[C@H]1CN2C(=O)CC(N3CCC(=O)CC3)CC2C1c1ccc(F)cc1)c1cc(C(F)(F)F)cc(C(F)(F)F)c1. The number of alkyl halides is 6. The molecule has 2 aromatic rings. The lowest BCUT2D eigenvalue weighted by Gasteiger charge is -2.42. The van der Waals surface area contributed by atoms with Crippen molar-refractivity contribution in [2.24, 2.45) is 0 Å². The molecule has 0 aliphatic carbocycles. The Hall–Kier alpha value is -2.99. The Bertz CT molecular complexity index is 1250. The normalized spacial score (nSPS) is 26.8. The zero-order chi connectivity index (χ0) is 29.7. The summed E-state index contributed by atoms with van der Waals surface area (Å²) < 4.78 is 101. The molecule has 3 aliphatic heterocycles. The maximum absolute atomic E-state index is 13.8. The van der Waals surface area contributed by atoms with Crippen LogP contribution in [0.15, 0.2) is 42.5 Å². The van der Waals surface area contributed by atoms with Gasteiger partial charge in [-0.2, -0.15) is 26.3 Å². The summed E-state index contributed by atoms with van der Waals surface area (Å²) in [6.07, 6.45) is -10.4. The molecule has 222 valence electrons. The number of Topliss-reactive ketones (excluding diaryl/α,β-unsaturated/α-hetero) is 1. The van der Waals surface area contributed by atoms with Crippen LogP contribution in [-0.2, 0) is 26.7 Å². The molecule has 2 aromatic carbocycles. The Balaban J connectivity index is 1.45. The molecular formula is C29H29F7N2O3. The summed E-state index contributed by atoms with van der Waals surface area (Å²) in [6, 6.07) is 6.50. The second kappa shape index (κ2) is 11.0. The minimum Gasteiger partial charge on any atom is -0.368 e. The van der Waals surface area contributed by atoms with E-state index in [1.165, 1.54) is 19.1 Å². The predicted molar refractivity (Wildman–Crippen MR) is 133 cm³/mol. The molecule has 41 heavy (non-hydrogen) atoms. The van der Waals surface area contributed by atoms with E-state index in [1.807, 2.05) is 0 Å². The number of hydrogen-bond donors (Lipinski definition) is 0. The second-order valence-corrected chi connectivity index (χ2v) is 11.0. The molecule has 0 radical (unpaired) electrons. The smallest absolute Gasteiger partial charge is 0.368 e. The van der Waals surface area contributed by atoms with Gasteiger partial charge < -0.3 is 9.64 Å². The number of halogens is 7. The maximum Gasteiger partial charge on any atom is 0.416 e. The number of ketones is 1. The number of fused-ring (bicyclic) bond motifs is 1. The number of carbonyl (C=O) groups is 2. The molecule has 0 spiro atoms. The molecular weight excluding hydrogens is 557 g/mol. The number of carbonyl (C=O) groups excluding carboxylic acids is 2. The van der Waals surface area contributed by atoms with Crippen LogP contribution in [0.4, 0.5) is 30.7 Å². The van der Waals surface area contributed by atoms with Gasteiger partial charge in [-0.3, -0.25) is 14.5 Å². The van der Waals surface area contributed by atoms with Crippen molar-refractivity contribution in [3.8, 4) is 0 Å². The first kappa shape index (κ1) is 29.5. The summed E-state index contributed by atoms with van der Waals surface area (Å²) in [7, 11) is 0. The van der Waals surface area contributed by atoms with Crippen molar-refractivity contribution in [2.45, 2.75) is 75.2 Å². The Morgan fingerprint density at radius 1 is 0.902 bits per heavy atom. The second-order valence-electron chi connectivity index (χ2n) is 11.0. The Labute approximate surface area is 232 Å². The lowest BCUT2D eigenvalue weighted by atomic mass is 9.83. The molecule has 5 nitrogen and oxygen atoms in total. The van der Waals surface area contributed by atoms with Crippen LogP contribution in [0.1, 0.15) is 66.9 Å². The first-order valence-corrected chi connectivity index (χ1v) is 13.5. The summed E-state index contributed by atoms with van der Waals surface area (Å²) in [5.74, 6) is -0.953. The van der Waals surface area contributed by atoms with E-state index in [0.717, 1.165) is 0 Å². The van der Waals surface area contributed by atoms with Gasteiger partial charge in [0.2, 0.25) is 5.91 Å². The number of benzene rings is 2. The largest absolute Gasteiger partial charge is 0.416 e. The van der Waals surface area contributed by atoms with Gasteiger partial charge in [0.15, 0.2) is 0 Å². The van der Waals surface area contributed by atoms with E-state index in [9.17, 15) is 40.3 Å². The minimum absolute atomic E-state index is 0.0698. The van der Waals surface area contributed by atoms with E-state index in [0.29, 0.717) is 50.0 Å². The van der Waals surface area contributed by atoms with Gasteiger partial charge in [0.05, 0.1) is 23.3 Å². The van der Waals surface area contributed by atoms with Crippen LogP contribution in [0.2, 0.25) is 0 Å². The molecule has 0 N–H and O–H groups in total. The molecule has 0 aromatic heterocycles. The Morgan fingerprint density at radius 2 is 1.49 bits per heavy atom. The molecule has 3 heterocycles. The quantitative estimate of drug-likeness (QED) is 0.396. The molecule has 3 aliphatic rings. The fraction of sp³-hybridized carbons (Fsp3) is 0.517. The molecule has 3 saturated heterocycles. The summed E-state index contributed by atoms with van der Waals surface area (Å²) in [6.45, 7) is 2.55. The van der Waals surface area contributed by atoms with Crippen molar-refractivity contribution >= 4 is 11.7 Å². The average molecular weight is 587 g/mol. The fourth-order valence-corrected chi connectivity index (χ4v) is 6.35. The van der Waals surface area contributed by atoms with Gasteiger partial charge in [0.1, 0.15) is 11.6 Å². The maximum atomic E-state index is 13.8. The van der Waals surface area contributed by atoms with Gasteiger partial charge in [0.25, 0.3) is 0 Å². The van der Waals surface area contributed by atoms with E-state index in [-0.39, 0.29) is 48.4 Å². The molecule has 5 rings (SSSR count). The molecule has 0 bridgehead atoms. The highest BCUT2D eigenvalue weighted by Gasteiger charge is 2.50. The fourth-order valence-electron chi connectivity index (χ4n) is 6.35. The van der Waals surface area contributed by atoms with E-state index < -0.39 is 47.4 Å². The zero-order valence-electron chi connectivity index (χ0n) is 22.1. The van der Waals surface area contributed by atoms with E-state index >= 15 is 0 Å². The highest BCUT2D eigenvalue weighted by atomic mass is 19.4. The van der Waals surface area contributed by atoms with E-state index in [4.69, 9.17) is 4.74 Å². The number of piperidine rings is 2. The molecule has 5 atom stereocenters. The monoisotopic (exact) mass is 586 g/mol. The van der Waals surface area contributed by atoms with Crippen LogP contribution in [0.5, 0.6) is 0 Å². The number of rotatable bonds is 5. The summed E-state index contributed by atoms with van der Waals surface area (Å²) in [5, 5.41) is 0. The summed E-state index contributed by atoms with van der Waals surface area (Å²) in [4.78, 5) is 28.8. The molecule has 3 unspecified atom stereocenters. The molecule has 1 amide bonds. The van der Waals surface area contributed by atoms with Gasteiger partial charge >= 0.3 is 12.4 Å². The predicted octanol–water partition coefficient (Wildman–Crippen LogP) is 6.13. The Kier molecular flexibility index (Phi) is 7.92. The van der Waals surface area contributed by atoms with Gasteiger partial charge in [-0.05, 0) is 54.8 Å². The van der Waals surface area contributed by atoms with Crippen molar-refractivity contribution in [1.82, 2.24) is 9.80 Å². The van der Waals surface area contributed by atoms with Crippen molar-refractivity contribution < 1.29 is 45.1 Å². The van der Waals surface area contributed by atoms with Crippen molar-refractivity contribution in [3.05, 3.63) is 70.5 Å². The van der Waals surface area contributed by atoms with Crippen molar-refractivity contribution in [2.75, 3.05) is 19.6 Å². The third-order valence-electron chi connectivity index (χ3n) is 8.42. The third-order valence-corrected chi connectivity index (χ3v) is 8.42. The summed E-state index contributed by atoms with van der Waals surface area (Å²) >= 11 is 0. The van der Waals surface area contributed by atoms with Crippen LogP contribution >= 0.6 is 0 Å². The van der Waals surface area contributed by atoms with Crippen LogP contribution < -0.4 is 0 Å². The van der Waals surface area contributed by atoms with Gasteiger partial charge in [-0.15, -0.1) is 0 Å². The molecule has 3 fully saturated rings. The molecule has 12 heteroatoms. The zero-order valence-corrected chi connectivity index (χ0v) is 22.1. The number of hydrogen-bond acceptors (Lipinski definition) is 4. The third kappa shape index (κ3) is 6.28. The van der Waals surface area contributed by atoms with E-state index in [2.05, 4.69) is 4.90 Å². The van der Waals surface area contributed by atoms with Crippen LogP contribution in [0, 0.1) is 5.82 Å². The van der Waals surface area contributed by atoms with E-state index in [1.54, 1.807) is 17.0 Å². The number of nitrogens with zero attached hydrogens (tertiary/aromatic N) is 2. The standard InChI is InChI=1S/C29H29F7N2O3/c1-16(18-10-19(28(31,32)33)12-20(11-18)29(34,35)36)41-25-15-38-24(27(25)17-2-4-21(30)5-3-17)13-22(14-26(38)40)37-8-6-23(39)7-9-37/h2-5,10-12,16,22,24-25,27H,6-9,13-15H2,1H3/t16-,22?,24?,25+,27?/m1/s1. The lowest BCUT2D eigenvalue weighted by Crippen LogP contribution is -2.53. The first-order valence-electron chi connectivity index (χ1n) is 13.5. The van der Waals surface area contributed by atoms with Crippen LogP contribution in [0.3, 0.4) is 0 Å². The van der Waals surface area contributed by atoms with Gasteiger partial charge in [0, 0.05) is 56.9 Å². The number of likely N-dealkylation sites (tertiary alicyclic amines) is 1. The van der Waals surface area contributed by atoms with Crippen molar-refractivity contribution in [1.29, 1.82) is 0 Å². The lowest BCUT2D eigenvalue weighted by molar-refractivity contribution is -0.143. The Morgan fingerprint density at radius 3 is 2.05 bits per heavy atom.